The van der Waals surface area contributed by atoms with Gasteiger partial charge in [0.15, 0.2) is 11.5 Å². The third-order valence-corrected chi connectivity index (χ3v) is 3.83. The molecule has 2 aromatic rings. The molecule has 3 rings (SSSR count). The van der Waals surface area contributed by atoms with Crippen LogP contribution in [-0.2, 0) is 4.74 Å². The Kier molecular flexibility index (Phi) is 4.55. The van der Waals surface area contributed by atoms with Crippen molar-refractivity contribution in [1.82, 2.24) is 14.4 Å². The highest BCUT2D eigenvalue weighted by molar-refractivity contribution is 5.65. The van der Waals surface area contributed by atoms with E-state index in [0.717, 1.165) is 62.8 Å². The van der Waals surface area contributed by atoms with E-state index in [1.54, 1.807) is 6.20 Å². The van der Waals surface area contributed by atoms with Crippen LogP contribution in [0.5, 0.6) is 0 Å². The number of nitrogens with zero attached hydrogens (tertiary/aromatic N) is 3. The van der Waals surface area contributed by atoms with Gasteiger partial charge in [-0.25, -0.2) is 9.97 Å². The van der Waals surface area contributed by atoms with Crippen LogP contribution in [0.3, 0.4) is 0 Å². The lowest BCUT2D eigenvalue weighted by Gasteiger charge is -2.22. The Bertz CT molecular complexity index is 576. The fourth-order valence-corrected chi connectivity index (χ4v) is 2.58. The number of aromatic nitrogens is 3. The number of anilines is 2. The van der Waals surface area contributed by atoms with Gasteiger partial charge in [-0.15, -0.1) is 0 Å². The molecule has 1 aliphatic heterocycles. The molecule has 0 radical (unpaired) electrons. The minimum Gasteiger partial charge on any atom is -0.381 e. The quantitative estimate of drug-likeness (QED) is 0.855. The van der Waals surface area contributed by atoms with Gasteiger partial charge >= 0.3 is 0 Å². The Balaban J connectivity index is 1.73. The summed E-state index contributed by atoms with van der Waals surface area (Å²) in [5, 5.41) is 6.81. The molecule has 0 unspecified atom stereocenters. The highest BCUT2D eigenvalue weighted by Gasteiger charge is 2.15. The zero-order valence-corrected chi connectivity index (χ0v) is 12.5. The van der Waals surface area contributed by atoms with Crippen molar-refractivity contribution in [3.63, 3.8) is 0 Å². The smallest absolute Gasteiger partial charge is 0.180 e. The van der Waals surface area contributed by atoms with Gasteiger partial charge in [-0.05, 0) is 25.2 Å². The van der Waals surface area contributed by atoms with Crippen molar-refractivity contribution in [2.45, 2.75) is 26.2 Å². The maximum atomic E-state index is 5.40. The van der Waals surface area contributed by atoms with Crippen LogP contribution in [0.15, 0.2) is 18.6 Å². The Labute approximate surface area is 124 Å². The monoisotopic (exact) mass is 289 g/mol. The zero-order valence-electron chi connectivity index (χ0n) is 12.5. The van der Waals surface area contributed by atoms with Crippen LogP contribution in [0.1, 0.15) is 26.2 Å². The van der Waals surface area contributed by atoms with Crippen molar-refractivity contribution in [3.05, 3.63) is 18.6 Å². The summed E-state index contributed by atoms with van der Waals surface area (Å²) in [4.78, 5) is 9.05. The molecule has 0 bridgehead atoms. The summed E-state index contributed by atoms with van der Waals surface area (Å²) in [7, 11) is 0. The van der Waals surface area contributed by atoms with Crippen molar-refractivity contribution < 1.29 is 4.74 Å². The number of hydrogen-bond donors (Lipinski definition) is 2. The number of hydrogen-bond acceptors (Lipinski definition) is 5. The number of nitrogens with one attached hydrogen (secondary N) is 2. The van der Waals surface area contributed by atoms with Crippen LogP contribution in [0.25, 0.3) is 5.65 Å². The molecule has 0 aromatic carbocycles. The maximum Gasteiger partial charge on any atom is 0.180 e. The van der Waals surface area contributed by atoms with Gasteiger partial charge in [-0.3, -0.25) is 0 Å². The third kappa shape index (κ3) is 3.44. The van der Waals surface area contributed by atoms with Gasteiger partial charge < -0.3 is 19.8 Å². The number of imidazole rings is 1. The van der Waals surface area contributed by atoms with Gasteiger partial charge in [0.25, 0.3) is 0 Å². The van der Waals surface area contributed by atoms with E-state index in [0.29, 0.717) is 5.92 Å². The fourth-order valence-electron chi connectivity index (χ4n) is 2.58. The Hall–Kier alpha value is -1.82. The molecule has 2 aromatic heterocycles. The van der Waals surface area contributed by atoms with Crippen molar-refractivity contribution >= 4 is 17.3 Å². The Morgan fingerprint density at radius 2 is 2.19 bits per heavy atom. The van der Waals surface area contributed by atoms with E-state index in [2.05, 4.69) is 27.5 Å². The van der Waals surface area contributed by atoms with Crippen LogP contribution < -0.4 is 10.6 Å². The summed E-state index contributed by atoms with van der Waals surface area (Å²) in [5.41, 5.74) is 0.879. The lowest BCUT2D eigenvalue weighted by molar-refractivity contribution is 0.0699. The molecule has 21 heavy (non-hydrogen) atoms. The largest absolute Gasteiger partial charge is 0.381 e. The number of fused-ring (bicyclic) bond motifs is 1. The molecule has 1 saturated heterocycles. The Morgan fingerprint density at radius 3 is 3.00 bits per heavy atom. The van der Waals surface area contributed by atoms with Gasteiger partial charge in [-0.1, -0.05) is 6.92 Å². The first-order chi connectivity index (χ1) is 10.4. The fraction of sp³-hybridized carbons (Fsp3) is 0.600. The second-order valence-corrected chi connectivity index (χ2v) is 5.50. The molecular weight excluding hydrogens is 266 g/mol. The summed E-state index contributed by atoms with van der Waals surface area (Å²) in [6.45, 7) is 5.74. The Morgan fingerprint density at radius 1 is 1.33 bits per heavy atom. The summed E-state index contributed by atoms with van der Waals surface area (Å²) in [5.74, 6) is 2.40. The van der Waals surface area contributed by atoms with Gasteiger partial charge in [0, 0.05) is 38.7 Å². The van der Waals surface area contributed by atoms with E-state index < -0.39 is 0 Å². The first-order valence-electron chi connectivity index (χ1n) is 7.76. The number of rotatable bonds is 6. The summed E-state index contributed by atoms with van der Waals surface area (Å²) < 4.78 is 7.41. The minimum atomic E-state index is 0.655. The molecule has 3 heterocycles. The van der Waals surface area contributed by atoms with Crippen molar-refractivity contribution in [1.29, 1.82) is 0 Å². The molecule has 1 aliphatic rings. The van der Waals surface area contributed by atoms with E-state index in [9.17, 15) is 0 Å². The molecule has 114 valence electrons. The lowest BCUT2D eigenvalue weighted by Crippen LogP contribution is -2.23. The van der Waals surface area contributed by atoms with Crippen LogP contribution in [-0.4, -0.2) is 40.7 Å². The van der Waals surface area contributed by atoms with Crippen molar-refractivity contribution in [2.75, 3.05) is 36.9 Å². The highest BCUT2D eigenvalue weighted by Crippen LogP contribution is 2.19. The highest BCUT2D eigenvalue weighted by atomic mass is 16.5. The molecule has 2 N–H and O–H groups in total. The summed E-state index contributed by atoms with van der Waals surface area (Å²) >= 11 is 0. The van der Waals surface area contributed by atoms with Crippen LogP contribution >= 0.6 is 0 Å². The molecule has 0 aliphatic carbocycles. The van der Waals surface area contributed by atoms with Gasteiger partial charge in [0.2, 0.25) is 0 Å². The van der Waals surface area contributed by atoms with Gasteiger partial charge in [-0.2, -0.15) is 0 Å². The first-order valence-corrected chi connectivity index (χ1v) is 7.76. The molecule has 0 saturated carbocycles. The average Bonchev–Trinajstić information content (AvgIpc) is 3.00. The zero-order chi connectivity index (χ0) is 14.5. The molecular formula is C15H23N5O. The SMILES string of the molecule is CCCNc1cn2ccnc2c(NCC2CCOCC2)n1. The first kappa shape index (κ1) is 14.1. The summed E-state index contributed by atoms with van der Waals surface area (Å²) in [6.07, 6.45) is 9.05. The van der Waals surface area contributed by atoms with Crippen molar-refractivity contribution in [2.24, 2.45) is 5.92 Å². The second kappa shape index (κ2) is 6.76. The predicted molar refractivity (Wildman–Crippen MR) is 83.8 cm³/mol. The van der Waals surface area contributed by atoms with Crippen LogP contribution in [0.2, 0.25) is 0 Å². The van der Waals surface area contributed by atoms with E-state index in [4.69, 9.17) is 4.74 Å². The molecule has 0 spiro atoms. The normalized spacial score (nSPS) is 16.2. The second-order valence-electron chi connectivity index (χ2n) is 5.50. The molecule has 6 heteroatoms. The predicted octanol–water partition coefficient (Wildman–Crippen LogP) is 2.39. The molecule has 0 atom stereocenters. The van der Waals surface area contributed by atoms with Gasteiger partial charge in [0.1, 0.15) is 5.82 Å². The maximum absolute atomic E-state index is 5.40. The molecule has 0 amide bonds. The van der Waals surface area contributed by atoms with Crippen molar-refractivity contribution in [3.8, 4) is 0 Å². The van der Waals surface area contributed by atoms with E-state index in [1.165, 1.54) is 0 Å². The van der Waals surface area contributed by atoms with E-state index >= 15 is 0 Å². The average molecular weight is 289 g/mol. The van der Waals surface area contributed by atoms with Gasteiger partial charge in [0.05, 0.1) is 6.20 Å². The van der Waals surface area contributed by atoms with Crippen LogP contribution in [0, 0.1) is 5.92 Å². The van der Waals surface area contributed by atoms with Crippen LogP contribution in [0.4, 0.5) is 11.6 Å². The van der Waals surface area contributed by atoms with E-state index in [1.807, 2.05) is 16.8 Å². The van der Waals surface area contributed by atoms with E-state index in [-0.39, 0.29) is 0 Å². The minimum absolute atomic E-state index is 0.655. The number of ether oxygens (including phenoxy) is 1. The standard InChI is InChI=1S/C15H23N5O/c1-2-5-16-13-11-20-7-6-17-15(20)14(19-13)18-10-12-3-8-21-9-4-12/h6-7,11-12,16H,2-5,8-10H2,1H3,(H,18,19). The summed E-state index contributed by atoms with van der Waals surface area (Å²) in [6, 6.07) is 0. The molecule has 1 fully saturated rings. The molecule has 6 nitrogen and oxygen atoms in total. The third-order valence-electron chi connectivity index (χ3n) is 3.83. The topological polar surface area (TPSA) is 63.5 Å². The lowest BCUT2D eigenvalue weighted by atomic mass is 10.0.